The van der Waals surface area contributed by atoms with Crippen LogP contribution in [0.25, 0.3) is 0 Å². The molecule has 6 nitrogen and oxygen atoms in total. The maximum Gasteiger partial charge on any atom is 0.225 e. The van der Waals surface area contributed by atoms with Crippen LogP contribution in [0.5, 0.6) is 0 Å². The van der Waals surface area contributed by atoms with Crippen molar-refractivity contribution in [3.05, 3.63) is 42.6 Å². The van der Waals surface area contributed by atoms with Crippen molar-refractivity contribution in [2.45, 2.75) is 6.10 Å². The van der Waals surface area contributed by atoms with Crippen LogP contribution < -0.4 is 4.90 Å². The number of aliphatic hydroxyl groups excluding tert-OH is 1. The van der Waals surface area contributed by atoms with Crippen molar-refractivity contribution in [1.82, 2.24) is 14.9 Å². The van der Waals surface area contributed by atoms with Gasteiger partial charge in [0.1, 0.15) is 11.9 Å². The van der Waals surface area contributed by atoms with Crippen LogP contribution in [0.2, 0.25) is 0 Å². The van der Waals surface area contributed by atoms with E-state index in [-0.39, 0.29) is 0 Å². The zero-order valence-electron chi connectivity index (χ0n) is 11.2. The Bertz CT molecular complexity index is 509. The van der Waals surface area contributed by atoms with Gasteiger partial charge in [-0.05, 0) is 18.2 Å². The van der Waals surface area contributed by atoms with Gasteiger partial charge in [-0.2, -0.15) is 0 Å². The highest BCUT2D eigenvalue weighted by molar-refractivity contribution is 5.29. The summed E-state index contributed by atoms with van der Waals surface area (Å²) in [7, 11) is 0. The highest BCUT2D eigenvalue weighted by atomic mass is 16.4. The molecular weight excluding hydrogens is 256 g/mol. The Kier molecular flexibility index (Phi) is 3.94. The standard InChI is InChI=1S/C14H18N4O2/c19-12(13-3-1-10-20-13)11-17-6-8-18(9-7-17)14-15-4-2-5-16-14/h1-5,10,12,19H,6-9,11H2. The lowest BCUT2D eigenvalue weighted by Crippen LogP contribution is -2.48. The molecule has 2 aromatic rings. The molecule has 3 rings (SSSR count). The normalized spacial score (nSPS) is 18.1. The molecule has 1 unspecified atom stereocenters. The molecule has 1 N–H and O–H groups in total. The van der Waals surface area contributed by atoms with Gasteiger partial charge >= 0.3 is 0 Å². The third-order valence-electron chi connectivity index (χ3n) is 3.51. The minimum Gasteiger partial charge on any atom is -0.467 e. The van der Waals surface area contributed by atoms with Crippen LogP contribution in [0.4, 0.5) is 5.95 Å². The van der Waals surface area contributed by atoms with E-state index in [1.807, 2.05) is 6.07 Å². The molecule has 0 aromatic carbocycles. The fraction of sp³-hybridized carbons (Fsp3) is 0.429. The van der Waals surface area contributed by atoms with E-state index in [4.69, 9.17) is 4.42 Å². The van der Waals surface area contributed by atoms with Crippen molar-refractivity contribution < 1.29 is 9.52 Å². The van der Waals surface area contributed by atoms with Crippen LogP contribution in [0.1, 0.15) is 11.9 Å². The summed E-state index contributed by atoms with van der Waals surface area (Å²) < 4.78 is 5.22. The summed E-state index contributed by atoms with van der Waals surface area (Å²) in [5.74, 6) is 1.40. The monoisotopic (exact) mass is 274 g/mol. The average Bonchev–Trinajstić information content (AvgIpc) is 3.03. The van der Waals surface area contributed by atoms with Gasteiger partial charge in [-0.25, -0.2) is 9.97 Å². The summed E-state index contributed by atoms with van der Waals surface area (Å²) in [5, 5.41) is 10.1. The second-order valence-electron chi connectivity index (χ2n) is 4.87. The molecule has 6 heteroatoms. The number of nitrogens with zero attached hydrogens (tertiary/aromatic N) is 4. The minimum atomic E-state index is -0.565. The highest BCUT2D eigenvalue weighted by Gasteiger charge is 2.22. The van der Waals surface area contributed by atoms with Gasteiger partial charge in [0.15, 0.2) is 0 Å². The number of furan rings is 1. The van der Waals surface area contributed by atoms with E-state index in [9.17, 15) is 5.11 Å². The molecule has 0 radical (unpaired) electrons. The Labute approximate surface area is 117 Å². The quantitative estimate of drug-likeness (QED) is 0.894. The maximum absolute atomic E-state index is 10.1. The van der Waals surface area contributed by atoms with Gasteiger partial charge in [0.05, 0.1) is 6.26 Å². The molecule has 0 amide bonds. The van der Waals surface area contributed by atoms with Gasteiger partial charge in [0.2, 0.25) is 5.95 Å². The molecule has 1 aliphatic rings. The molecule has 0 saturated carbocycles. The first kappa shape index (κ1) is 13.1. The first-order valence-corrected chi connectivity index (χ1v) is 6.79. The van der Waals surface area contributed by atoms with E-state index in [0.29, 0.717) is 12.3 Å². The molecule has 1 fully saturated rings. The van der Waals surface area contributed by atoms with E-state index in [0.717, 1.165) is 32.1 Å². The summed E-state index contributed by atoms with van der Waals surface area (Å²) >= 11 is 0. The molecular formula is C14H18N4O2. The van der Waals surface area contributed by atoms with Gasteiger partial charge in [0.25, 0.3) is 0 Å². The number of β-amino-alcohol motifs (C(OH)–C–C–N with tert-alkyl or cyclic N) is 1. The molecule has 0 aliphatic carbocycles. The van der Waals surface area contributed by atoms with Crippen LogP contribution in [0.3, 0.4) is 0 Å². The van der Waals surface area contributed by atoms with Crippen LogP contribution in [-0.2, 0) is 0 Å². The van der Waals surface area contributed by atoms with Gasteiger partial charge in [0, 0.05) is 45.1 Å². The van der Waals surface area contributed by atoms with E-state index in [1.54, 1.807) is 30.8 Å². The summed E-state index contributed by atoms with van der Waals surface area (Å²) in [6, 6.07) is 5.42. The predicted octanol–water partition coefficient (Wildman–Crippen LogP) is 0.925. The topological polar surface area (TPSA) is 65.6 Å². The molecule has 0 bridgehead atoms. The number of hydrogen-bond donors (Lipinski definition) is 1. The van der Waals surface area contributed by atoms with E-state index >= 15 is 0 Å². The lowest BCUT2D eigenvalue weighted by Gasteiger charge is -2.35. The molecule has 3 heterocycles. The molecule has 20 heavy (non-hydrogen) atoms. The summed E-state index contributed by atoms with van der Waals surface area (Å²) in [5.41, 5.74) is 0. The summed E-state index contributed by atoms with van der Waals surface area (Å²) in [4.78, 5) is 12.9. The number of piperazine rings is 1. The lowest BCUT2D eigenvalue weighted by atomic mass is 10.2. The van der Waals surface area contributed by atoms with Crippen molar-refractivity contribution in [3.63, 3.8) is 0 Å². The first-order chi connectivity index (χ1) is 9.83. The van der Waals surface area contributed by atoms with Gasteiger partial charge in [-0.15, -0.1) is 0 Å². The first-order valence-electron chi connectivity index (χ1n) is 6.79. The lowest BCUT2D eigenvalue weighted by molar-refractivity contribution is 0.0914. The third-order valence-corrected chi connectivity index (χ3v) is 3.51. The number of aromatic nitrogens is 2. The third kappa shape index (κ3) is 2.97. The van der Waals surface area contributed by atoms with E-state index in [2.05, 4.69) is 19.8 Å². The zero-order chi connectivity index (χ0) is 13.8. The number of anilines is 1. The predicted molar refractivity (Wildman–Crippen MR) is 74.4 cm³/mol. The Morgan fingerprint density at radius 2 is 1.90 bits per heavy atom. The number of aliphatic hydroxyl groups is 1. The van der Waals surface area contributed by atoms with Gasteiger partial charge in [-0.1, -0.05) is 0 Å². The summed E-state index contributed by atoms with van der Waals surface area (Å²) in [6.07, 6.45) is 4.54. The zero-order valence-corrected chi connectivity index (χ0v) is 11.2. The van der Waals surface area contributed by atoms with Gasteiger partial charge < -0.3 is 14.4 Å². The van der Waals surface area contributed by atoms with Crippen molar-refractivity contribution in [3.8, 4) is 0 Å². The second-order valence-corrected chi connectivity index (χ2v) is 4.87. The summed E-state index contributed by atoms with van der Waals surface area (Å²) in [6.45, 7) is 4.10. The van der Waals surface area contributed by atoms with Gasteiger partial charge in [-0.3, -0.25) is 4.90 Å². The number of rotatable bonds is 4. The van der Waals surface area contributed by atoms with Crippen molar-refractivity contribution in [2.24, 2.45) is 0 Å². The Morgan fingerprint density at radius 3 is 2.55 bits per heavy atom. The van der Waals surface area contributed by atoms with Crippen LogP contribution in [-0.4, -0.2) is 52.7 Å². The molecule has 0 spiro atoms. The Balaban J connectivity index is 1.51. The van der Waals surface area contributed by atoms with E-state index < -0.39 is 6.10 Å². The number of hydrogen-bond acceptors (Lipinski definition) is 6. The van der Waals surface area contributed by atoms with Crippen LogP contribution >= 0.6 is 0 Å². The van der Waals surface area contributed by atoms with E-state index in [1.165, 1.54) is 0 Å². The molecule has 106 valence electrons. The Hall–Kier alpha value is -1.92. The van der Waals surface area contributed by atoms with Crippen molar-refractivity contribution in [2.75, 3.05) is 37.6 Å². The Morgan fingerprint density at radius 1 is 1.15 bits per heavy atom. The minimum absolute atomic E-state index is 0.565. The average molecular weight is 274 g/mol. The maximum atomic E-state index is 10.1. The largest absolute Gasteiger partial charge is 0.467 e. The fourth-order valence-electron chi connectivity index (χ4n) is 2.40. The molecule has 1 saturated heterocycles. The fourth-order valence-corrected chi connectivity index (χ4v) is 2.40. The van der Waals surface area contributed by atoms with Crippen LogP contribution in [0.15, 0.2) is 41.3 Å². The second kappa shape index (κ2) is 6.02. The smallest absolute Gasteiger partial charge is 0.225 e. The van der Waals surface area contributed by atoms with Crippen molar-refractivity contribution >= 4 is 5.95 Å². The molecule has 1 atom stereocenters. The molecule has 1 aliphatic heterocycles. The highest BCUT2D eigenvalue weighted by Crippen LogP contribution is 2.16. The van der Waals surface area contributed by atoms with Crippen LogP contribution in [0, 0.1) is 0 Å². The van der Waals surface area contributed by atoms with Crippen molar-refractivity contribution in [1.29, 1.82) is 0 Å². The SMILES string of the molecule is OC(CN1CCN(c2ncccn2)CC1)c1ccco1. The molecule has 2 aromatic heterocycles.